The number of ketones is 4. The van der Waals surface area contributed by atoms with Crippen LogP contribution in [0.2, 0.25) is 0 Å². The third kappa shape index (κ3) is 1.66. The van der Waals surface area contributed by atoms with Crippen LogP contribution >= 0.6 is 0 Å². The summed E-state index contributed by atoms with van der Waals surface area (Å²) >= 11 is 0. The van der Waals surface area contributed by atoms with Gasteiger partial charge in [-0.05, 0) is 38.5 Å². The van der Waals surface area contributed by atoms with Crippen LogP contribution in [0, 0.1) is 23.7 Å². The fourth-order valence-corrected chi connectivity index (χ4v) is 3.72. The zero-order valence-electron chi connectivity index (χ0n) is 10.2. The molecule has 0 saturated heterocycles. The molecule has 3 saturated carbocycles. The van der Waals surface area contributed by atoms with Crippen molar-refractivity contribution in [1.29, 1.82) is 0 Å². The second kappa shape index (κ2) is 4.11. The predicted molar refractivity (Wildman–Crippen MR) is 61.7 cm³/mol. The number of rotatable bonds is 0. The Balaban J connectivity index is 1.84. The largest absolute Gasteiger partial charge is 0.291 e. The molecule has 0 radical (unpaired) electrons. The van der Waals surface area contributed by atoms with E-state index in [1.165, 1.54) is 0 Å². The van der Waals surface area contributed by atoms with Crippen molar-refractivity contribution in [3.63, 3.8) is 0 Å². The Morgan fingerprint density at radius 1 is 0.500 bits per heavy atom. The van der Waals surface area contributed by atoms with Crippen molar-refractivity contribution >= 4 is 23.1 Å². The molecule has 0 amide bonds. The number of carbonyl (C=O) groups is 4. The van der Waals surface area contributed by atoms with Crippen LogP contribution in [0.15, 0.2) is 0 Å². The van der Waals surface area contributed by atoms with Crippen molar-refractivity contribution in [3.8, 4) is 0 Å². The molecular weight excluding hydrogens is 232 g/mol. The minimum absolute atomic E-state index is 0.192. The van der Waals surface area contributed by atoms with Gasteiger partial charge in [0.05, 0.1) is 0 Å². The molecule has 3 rings (SSSR count). The van der Waals surface area contributed by atoms with Crippen LogP contribution in [-0.4, -0.2) is 23.1 Å². The Morgan fingerprint density at radius 2 is 0.722 bits per heavy atom. The molecular formula is C14H16O4. The standard InChI is InChI=1S/C14H16O4/c15-11-7-1-2-8-6-10(14(18)12(8)16)4-3-9(5-7)13(11)17/h7-10H,1-6H2. The molecule has 3 fully saturated rings. The first kappa shape index (κ1) is 11.8. The molecule has 0 N–H and O–H groups in total. The molecule has 0 aromatic rings. The van der Waals surface area contributed by atoms with E-state index in [-0.39, 0.29) is 46.8 Å². The summed E-state index contributed by atoms with van der Waals surface area (Å²) in [6.07, 6.45) is 3.66. The average Bonchev–Trinajstić information content (AvgIpc) is 2.78. The van der Waals surface area contributed by atoms with E-state index < -0.39 is 0 Å². The fourth-order valence-electron chi connectivity index (χ4n) is 3.72. The van der Waals surface area contributed by atoms with Crippen molar-refractivity contribution in [2.45, 2.75) is 38.5 Å². The van der Waals surface area contributed by atoms with Crippen molar-refractivity contribution < 1.29 is 19.2 Å². The Bertz CT molecular complexity index is 369. The van der Waals surface area contributed by atoms with Crippen LogP contribution in [0.4, 0.5) is 0 Å². The Morgan fingerprint density at radius 3 is 0.944 bits per heavy atom. The highest BCUT2D eigenvalue weighted by atomic mass is 16.2. The van der Waals surface area contributed by atoms with Gasteiger partial charge in [-0.2, -0.15) is 0 Å². The summed E-state index contributed by atoms with van der Waals surface area (Å²) in [6.45, 7) is 0. The summed E-state index contributed by atoms with van der Waals surface area (Å²) in [5.41, 5.74) is 0. The highest BCUT2D eigenvalue weighted by molar-refractivity contribution is 6.41. The van der Waals surface area contributed by atoms with E-state index in [4.69, 9.17) is 0 Å². The SMILES string of the molecule is O=C1C(=O)C2CCC3CC(CCC1C2)C(=O)C3=O. The minimum atomic E-state index is -0.239. The van der Waals surface area contributed by atoms with E-state index in [0.717, 1.165) is 0 Å². The maximum Gasteiger partial charge on any atom is 0.201 e. The molecule has 18 heavy (non-hydrogen) atoms. The van der Waals surface area contributed by atoms with Crippen molar-refractivity contribution in [2.24, 2.45) is 23.7 Å². The van der Waals surface area contributed by atoms with Crippen LogP contribution in [0.1, 0.15) is 38.5 Å². The number of fused-ring (bicyclic) bond motifs is 4. The maximum absolute atomic E-state index is 11.8. The van der Waals surface area contributed by atoms with Gasteiger partial charge in [0.2, 0.25) is 23.1 Å². The minimum Gasteiger partial charge on any atom is -0.291 e. The Kier molecular flexibility index (Phi) is 2.68. The monoisotopic (exact) mass is 248 g/mol. The van der Waals surface area contributed by atoms with E-state index in [9.17, 15) is 19.2 Å². The van der Waals surface area contributed by atoms with Crippen LogP contribution in [0.25, 0.3) is 0 Å². The van der Waals surface area contributed by atoms with Gasteiger partial charge in [-0.3, -0.25) is 19.2 Å². The normalized spacial score (nSPS) is 40.4. The number of hydrogen-bond donors (Lipinski definition) is 0. The number of hydrogen-bond acceptors (Lipinski definition) is 4. The zero-order valence-corrected chi connectivity index (χ0v) is 10.2. The molecule has 0 aromatic heterocycles. The summed E-state index contributed by atoms with van der Waals surface area (Å²) < 4.78 is 0. The number of carbonyl (C=O) groups excluding carboxylic acids is 4. The molecule has 0 aromatic carbocycles. The highest BCUT2D eigenvalue weighted by Crippen LogP contribution is 2.40. The van der Waals surface area contributed by atoms with Gasteiger partial charge in [-0.1, -0.05) is 0 Å². The lowest BCUT2D eigenvalue weighted by Crippen LogP contribution is -2.20. The molecule has 4 heteroatoms. The van der Waals surface area contributed by atoms with Crippen molar-refractivity contribution in [2.75, 3.05) is 0 Å². The van der Waals surface area contributed by atoms with E-state index >= 15 is 0 Å². The van der Waals surface area contributed by atoms with Crippen molar-refractivity contribution in [3.05, 3.63) is 0 Å². The van der Waals surface area contributed by atoms with E-state index in [2.05, 4.69) is 0 Å². The van der Waals surface area contributed by atoms with E-state index in [0.29, 0.717) is 38.5 Å². The molecule has 4 unspecified atom stereocenters. The van der Waals surface area contributed by atoms with Crippen LogP contribution in [0.3, 0.4) is 0 Å². The summed E-state index contributed by atoms with van der Waals surface area (Å²) in [5.74, 6) is -1.73. The van der Waals surface area contributed by atoms with Gasteiger partial charge in [0.1, 0.15) is 0 Å². The van der Waals surface area contributed by atoms with Crippen LogP contribution in [0.5, 0.6) is 0 Å². The van der Waals surface area contributed by atoms with Gasteiger partial charge in [0, 0.05) is 23.7 Å². The lowest BCUT2D eigenvalue weighted by Gasteiger charge is -2.15. The summed E-state index contributed by atoms with van der Waals surface area (Å²) in [5, 5.41) is 0. The topological polar surface area (TPSA) is 68.3 Å². The molecule has 3 aliphatic carbocycles. The van der Waals surface area contributed by atoms with Crippen molar-refractivity contribution in [1.82, 2.24) is 0 Å². The first-order valence-corrected chi connectivity index (χ1v) is 6.74. The zero-order chi connectivity index (χ0) is 12.9. The molecule has 4 bridgehead atoms. The molecule has 0 spiro atoms. The van der Waals surface area contributed by atoms with Gasteiger partial charge in [-0.15, -0.1) is 0 Å². The molecule has 4 nitrogen and oxygen atoms in total. The van der Waals surface area contributed by atoms with Gasteiger partial charge < -0.3 is 0 Å². The molecule has 96 valence electrons. The second-order valence-electron chi connectivity index (χ2n) is 5.87. The van der Waals surface area contributed by atoms with Gasteiger partial charge in [0.25, 0.3) is 0 Å². The summed E-state index contributed by atoms with van der Waals surface area (Å²) in [6, 6.07) is 0. The highest BCUT2D eigenvalue weighted by Gasteiger charge is 2.46. The van der Waals surface area contributed by atoms with Crippen LogP contribution in [-0.2, 0) is 19.2 Å². The Hall–Kier alpha value is -1.32. The van der Waals surface area contributed by atoms with Gasteiger partial charge in [0.15, 0.2) is 0 Å². The fraction of sp³-hybridized carbons (Fsp3) is 0.714. The molecule has 0 aliphatic heterocycles. The lowest BCUT2D eigenvalue weighted by molar-refractivity contribution is -0.138. The maximum atomic E-state index is 11.8. The van der Waals surface area contributed by atoms with E-state index in [1.807, 2.05) is 0 Å². The quantitative estimate of drug-likeness (QED) is 0.602. The van der Waals surface area contributed by atoms with E-state index in [1.54, 1.807) is 0 Å². The summed E-state index contributed by atoms with van der Waals surface area (Å²) in [7, 11) is 0. The average molecular weight is 248 g/mol. The predicted octanol–water partition coefficient (Wildman–Crippen LogP) is 1.11. The first-order chi connectivity index (χ1) is 8.58. The second-order valence-corrected chi connectivity index (χ2v) is 5.87. The lowest BCUT2D eigenvalue weighted by atomic mass is 9.87. The first-order valence-electron chi connectivity index (χ1n) is 6.74. The summed E-state index contributed by atoms with van der Waals surface area (Å²) in [4.78, 5) is 47.1. The van der Waals surface area contributed by atoms with Gasteiger partial charge in [-0.25, -0.2) is 0 Å². The molecule has 0 heterocycles. The van der Waals surface area contributed by atoms with Gasteiger partial charge >= 0.3 is 0 Å². The van der Waals surface area contributed by atoms with Crippen LogP contribution < -0.4 is 0 Å². The third-order valence-electron chi connectivity index (χ3n) is 4.83. The third-order valence-corrected chi connectivity index (χ3v) is 4.83. The molecule has 3 aliphatic rings. The number of Topliss-reactive ketones (excluding diaryl/α,β-unsaturated/α-hetero) is 4. The smallest absolute Gasteiger partial charge is 0.201 e. The Labute approximate surface area is 105 Å². The molecule has 4 atom stereocenters.